The molecule has 2 aromatic heterocycles. The molecule has 5 aromatic rings. The number of rotatable bonds is 9. The third-order valence-corrected chi connectivity index (χ3v) is 6.77. The van der Waals surface area contributed by atoms with E-state index in [-0.39, 0.29) is 18.3 Å². The van der Waals surface area contributed by atoms with E-state index in [1.54, 1.807) is 12.1 Å². The van der Waals surface area contributed by atoms with Gasteiger partial charge in [-0.05, 0) is 67.6 Å². The van der Waals surface area contributed by atoms with Crippen LogP contribution in [0.3, 0.4) is 0 Å². The summed E-state index contributed by atoms with van der Waals surface area (Å²) in [5.41, 5.74) is 5.28. The number of pyridine rings is 1. The zero-order valence-corrected chi connectivity index (χ0v) is 24.6. The van der Waals surface area contributed by atoms with Gasteiger partial charge in [-0.25, -0.2) is 14.8 Å². The molecule has 0 unspecified atom stereocenters. The molecule has 0 spiro atoms. The maximum Gasteiger partial charge on any atom is 0.339 e. The van der Waals surface area contributed by atoms with Crippen LogP contribution in [-0.4, -0.2) is 32.0 Å². The fourth-order valence-corrected chi connectivity index (χ4v) is 4.89. The molecule has 3 aromatic carbocycles. The van der Waals surface area contributed by atoms with Crippen molar-refractivity contribution in [2.75, 3.05) is 5.32 Å². The molecular formula is C35H36N4O3. The van der Waals surface area contributed by atoms with Gasteiger partial charge in [0.25, 0.3) is 0 Å². The number of esters is 1. The van der Waals surface area contributed by atoms with Gasteiger partial charge in [0.2, 0.25) is 5.91 Å². The number of carbonyl (C=O) groups is 2. The van der Waals surface area contributed by atoms with Crippen molar-refractivity contribution >= 4 is 28.9 Å². The van der Waals surface area contributed by atoms with Gasteiger partial charge in [-0.2, -0.15) is 0 Å². The molecular weight excluding hydrogens is 524 g/mol. The fraction of sp³-hybridized carbons (Fsp3) is 0.257. The second-order valence-corrected chi connectivity index (χ2v) is 11.4. The van der Waals surface area contributed by atoms with Gasteiger partial charge in [0.1, 0.15) is 22.8 Å². The number of aryl methyl sites for hydroxylation is 1. The minimum absolute atomic E-state index is 0.116. The number of hydrogen-bond donors (Lipinski definition) is 1. The lowest BCUT2D eigenvalue weighted by Crippen LogP contribution is -2.24. The van der Waals surface area contributed by atoms with Crippen LogP contribution in [0.2, 0.25) is 0 Å². The molecule has 2 heterocycles. The number of benzene rings is 3. The van der Waals surface area contributed by atoms with Gasteiger partial charge >= 0.3 is 5.97 Å². The predicted molar refractivity (Wildman–Crippen MR) is 166 cm³/mol. The Morgan fingerprint density at radius 1 is 0.833 bits per heavy atom. The molecule has 1 N–H and O–H groups in total. The molecule has 7 heteroatoms. The number of aromatic nitrogens is 3. The quantitative estimate of drug-likeness (QED) is 0.192. The highest BCUT2D eigenvalue weighted by Gasteiger charge is 2.21. The standard InChI is InChI=1S/C35H36N4O3/c1-5-11-31-36-29-20-21-30(37-32(40)22-24-12-7-6-8-13-24)38-33(29)39(31)23-25-16-18-26(19-17-25)27-14-9-10-15-28(27)34(41)42-35(2,3)4/h6-10,12-21H,5,11,22-23H2,1-4H3,(H,37,38,40). The molecule has 0 radical (unpaired) electrons. The van der Waals surface area contributed by atoms with E-state index in [2.05, 4.69) is 28.9 Å². The average molecular weight is 561 g/mol. The van der Waals surface area contributed by atoms with Gasteiger partial charge in [-0.3, -0.25) is 4.79 Å². The third kappa shape index (κ3) is 6.92. The second kappa shape index (κ2) is 12.4. The molecule has 0 aliphatic rings. The summed E-state index contributed by atoms with van der Waals surface area (Å²) < 4.78 is 7.76. The highest BCUT2D eigenvalue weighted by atomic mass is 16.6. The average Bonchev–Trinajstić information content (AvgIpc) is 3.29. The molecule has 1 amide bonds. The lowest BCUT2D eigenvalue weighted by atomic mass is 9.98. The van der Waals surface area contributed by atoms with E-state index in [4.69, 9.17) is 14.7 Å². The molecule has 0 saturated carbocycles. The monoisotopic (exact) mass is 560 g/mol. The first-order valence-corrected chi connectivity index (χ1v) is 14.3. The van der Waals surface area contributed by atoms with Crippen LogP contribution in [-0.2, 0) is 28.9 Å². The van der Waals surface area contributed by atoms with E-state index in [1.807, 2.05) is 87.5 Å². The number of hydrogen-bond acceptors (Lipinski definition) is 5. The Bertz CT molecular complexity index is 1700. The summed E-state index contributed by atoms with van der Waals surface area (Å²) in [7, 11) is 0. The summed E-state index contributed by atoms with van der Waals surface area (Å²) in [4.78, 5) is 35.2. The first-order valence-electron chi connectivity index (χ1n) is 14.3. The molecule has 0 fully saturated rings. The fourth-order valence-electron chi connectivity index (χ4n) is 4.89. The van der Waals surface area contributed by atoms with Crippen molar-refractivity contribution in [3.8, 4) is 11.1 Å². The second-order valence-electron chi connectivity index (χ2n) is 11.4. The smallest absolute Gasteiger partial charge is 0.339 e. The Kier molecular flexibility index (Phi) is 8.48. The van der Waals surface area contributed by atoms with E-state index in [0.29, 0.717) is 17.9 Å². The van der Waals surface area contributed by atoms with Gasteiger partial charge in [0.05, 0.1) is 18.5 Å². The summed E-state index contributed by atoms with van der Waals surface area (Å²) >= 11 is 0. The molecule has 214 valence electrons. The number of anilines is 1. The van der Waals surface area contributed by atoms with Crippen molar-refractivity contribution in [2.45, 2.75) is 59.1 Å². The van der Waals surface area contributed by atoms with Crippen molar-refractivity contribution in [1.82, 2.24) is 14.5 Å². The van der Waals surface area contributed by atoms with E-state index >= 15 is 0 Å². The SMILES string of the molecule is CCCc1nc2ccc(NC(=O)Cc3ccccc3)nc2n1Cc1ccc(-c2ccccc2C(=O)OC(C)(C)C)cc1. The van der Waals surface area contributed by atoms with Gasteiger partial charge in [-0.1, -0.05) is 79.7 Å². The van der Waals surface area contributed by atoms with Crippen molar-refractivity contribution < 1.29 is 14.3 Å². The van der Waals surface area contributed by atoms with E-state index in [1.165, 1.54) is 0 Å². The minimum Gasteiger partial charge on any atom is -0.456 e. The molecule has 0 atom stereocenters. The van der Waals surface area contributed by atoms with Crippen LogP contribution >= 0.6 is 0 Å². The van der Waals surface area contributed by atoms with Crippen LogP contribution in [0.4, 0.5) is 5.82 Å². The maximum absolute atomic E-state index is 12.9. The lowest BCUT2D eigenvalue weighted by Gasteiger charge is -2.20. The maximum atomic E-state index is 12.9. The largest absolute Gasteiger partial charge is 0.456 e. The van der Waals surface area contributed by atoms with E-state index in [9.17, 15) is 9.59 Å². The van der Waals surface area contributed by atoms with Crippen LogP contribution in [0.15, 0.2) is 91.0 Å². The summed E-state index contributed by atoms with van der Waals surface area (Å²) in [6.45, 7) is 8.31. The van der Waals surface area contributed by atoms with Crippen molar-refractivity contribution in [3.63, 3.8) is 0 Å². The first kappa shape index (κ1) is 28.7. The summed E-state index contributed by atoms with van der Waals surface area (Å²) in [5, 5.41) is 2.94. The van der Waals surface area contributed by atoms with Gasteiger partial charge in [0, 0.05) is 6.42 Å². The molecule has 0 aliphatic carbocycles. The number of nitrogens with zero attached hydrogens (tertiary/aromatic N) is 3. The van der Waals surface area contributed by atoms with Crippen molar-refractivity contribution in [2.24, 2.45) is 0 Å². The summed E-state index contributed by atoms with van der Waals surface area (Å²) in [6.07, 6.45) is 2.04. The number of imidazole rings is 1. The van der Waals surface area contributed by atoms with Gasteiger partial charge < -0.3 is 14.6 Å². The Morgan fingerprint density at radius 3 is 2.26 bits per heavy atom. The predicted octanol–water partition coefficient (Wildman–Crippen LogP) is 7.24. The lowest BCUT2D eigenvalue weighted by molar-refractivity contribution is -0.115. The highest BCUT2D eigenvalue weighted by molar-refractivity contribution is 5.97. The number of amides is 1. The topological polar surface area (TPSA) is 86.1 Å². The first-order chi connectivity index (χ1) is 20.2. The Balaban J connectivity index is 1.39. The van der Waals surface area contributed by atoms with Crippen LogP contribution in [0.5, 0.6) is 0 Å². The molecule has 42 heavy (non-hydrogen) atoms. The molecule has 5 rings (SSSR count). The van der Waals surface area contributed by atoms with Gasteiger partial charge in [0.15, 0.2) is 5.65 Å². The van der Waals surface area contributed by atoms with Crippen LogP contribution in [0.1, 0.15) is 61.4 Å². The van der Waals surface area contributed by atoms with Crippen molar-refractivity contribution in [3.05, 3.63) is 114 Å². The summed E-state index contributed by atoms with van der Waals surface area (Å²) in [5.74, 6) is 0.998. The van der Waals surface area contributed by atoms with Crippen molar-refractivity contribution in [1.29, 1.82) is 0 Å². The zero-order chi connectivity index (χ0) is 29.7. The molecule has 0 saturated heterocycles. The minimum atomic E-state index is -0.573. The normalized spacial score (nSPS) is 11.4. The Hall–Kier alpha value is -4.78. The number of carbonyl (C=O) groups excluding carboxylic acids is 2. The Labute approximate surface area is 246 Å². The molecule has 0 bridgehead atoms. The van der Waals surface area contributed by atoms with E-state index < -0.39 is 5.60 Å². The number of nitrogens with one attached hydrogen (secondary N) is 1. The third-order valence-electron chi connectivity index (χ3n) is 6.77. The van der Waals surface area contributed by atoms with Crippen LogP contribution < -0.4 is 5.32 Å². The molecule has 7 nitrogen and oxygen atoms in total. The van der Waals surface area contributed by atoms with Gasteiger partial charge in [-0.15, -0.1) is 0 Å². The van der Waals surface area contributed by atoms with Crippen LogP contribution in [0, 0.1) is 0 Å². The zero-order valence-electron chi connectivity index (χ0n) is 24.6. The number of fused-ring (bicyclic) bond motifs is 1. The van der Waals surface area contributed by atoms with E-state index in [0.717, 1.165) is 52.1 Å². The summed E-state index contributed by atoms with van der Waals surface area (Å²) in [6, 6.07) is 29.1. The Morgan fingerprint density at radius 2 is 1.55 bits per heavy atom. The van der Waals surface area contributed by atoms with Crippen LogP contribution in [0.25, 0.3) is 22.3 Å². The highest BCUT2D eigenvalue weighted by Crippen LogP contribution is 2.27. The number of ether oxygens (including phenoxy) is 1. The molecule has 0 aliphatic heterocycles.